The summed E-state index contributed by atoms with van der Waals surface area (Å²) >= 11 is 5.92. The van der Waals surface area contributed by atoms with Crippen LogP contribution < -0.4 is 10.2 Å². The van der Waals surface area contributed by atoms with Gasteiger partial charge in [0.15, 0.2) is 12.1 Å². The van der Waals surface area contributed by atoms with E-state index in [0.717, 1.165) is 16.9 Å². The lowest BCUT2D eigenvalue weighted by molar-refractivity contribution is -0.123. The highest BCUT2D eigenvalue weighted by molar-refractivity contribution is 6.31. The van der Waals surface area contributed by atoms with Gasteiger partial charge in [-0.15, -0.1) is 0 Å². The number of halogens is 1. The van der Waals surface area contributed by atoms with Crippen LogP contribution in [0, 0.1) is 0 Å². The fourth-order valence-electron chi connectivity index (χ4n) is 3.40. The molecular weight excluding hydrogens is 394 g/mol. The molecule has 0 bridgehead atoms. The summed E-state index contributed by atoms with van der Waals surface area (Å²) < 4.78 is 0. The molecule has 0 unspecified atom stereocenters. The molecule has 2 aromatic carbocycles. The van der Waals surface area contributed by atoms with Crippen LogP contribution in [0.3, 0.4) is 0 Å². The Balaban J connectivity index is 1.48. The normalized spacial score (nSPS) is 20.3. The first-order valence-corrected chi connectivity index (χ1v) is 9.55. The summed E-state index contributed by atoms with van der Waals surface area (Å²) in [5, 5.41) is 12.3. The highest BCUT2D eigenvalue weighted by atomic mass is 35.5. The number of rotatable bonds is 5. The summed E-state index contributed by atoms with van der Waals surface area (Å²) in [6.07, 6.45) is 0.858. The van der Waals surface area contributed by atoms with Gasteiger partial charge >= 0.3 is 0 Å². The van der Waals surface area contributed by atoms with Crippen molar-refractivity contribution < 1.29 is 14.4 Å². The molecule has 2 aliphatic rings. The van der Waals surface area contributed by atoms with Crippen molar-refractivity contribution in [3.05, 3.63) is 59.1 Å². The van der Waals surface area contributed by atoms with Crippen LogP contribution in [0.5, 0.6) is 0 Å². The van der Waals surface area contributed by atoms with Gasteiger partial charge in [-0.05, 0) is 42.3 Å². The quantitative estimate of drug-likeness (QED) is 0.765. The number of aryl methyl sites for hydroxylation is 1. The maximum Gasteiger partial charge on any atom is 0.263 e. The Morgan fingerprint density at radius 1 is 1.14 bits per heavy atom. The van der Waals surface area contributed by atoms with Crippen molar-refractivity contribution in [2.45, 2.75) is 25.4 Å². The molecule has 1 N–H and O–H groups in total. The number of nitrogens with zero attached hydrogens (tertiary/aromatic N) is 4. The van der Waals surface area contributed by atoms with Crippen LogP contribution in [-0.4, -0.2) is 41.4 Å². The van der Waals surface area contributed by atoms with E-state index in [1.54, 1.807) is 36.4 Å². The van der Waals surface area contributed by atoms with Crippen molar-refractivity contribution in [2.24, 2.45) is 10.3 Å². The van der Waals surface area contributed by atoms with E-state index in [4.69, 9.17) is 11.6 Å². The van der Waals surface area contributed by atoms with Crippen LogP contribution in [-0.2, 0) is 20.8 Å². The number of benzene rings is 2. The third-order valence-electron chi connectivity index (χ3n) is 4.87. The van der Waals surface area contributed by atoms with Gasteiger partial charge in [-0.25, -0.2) is 4.90 Å². The Bertz CT molecular complexity index is 1010. The van der Waals surface area contributed by atoms with Crippen LogP contribution in [0.15, 0.2) is 58.9 Å². The van der Waals surface area contributed by atoms with Crippen molar-refractivity contribution in [1.82, 2.24) is 5.01 Å². The van der Waals surface area contributed by atoms with Gasteiger partial charge < -0.3 is 5.32 Å². The number of nitrogens with one attached hydrogen (secondary N) is 1. The number of hydrogen-bond acceptors (Lipinski definition) is 6. The standard InChI is InChI=1S/C20H18ClN5O3/c1-2-12-6-8-15(9-7-12)26-19(28)17-18(20(26)29)25(24-23-17)11-16(27)22-14-5-3-4-13(21)10-14/h3-10,17-18H,2,11H2,1H3,(H,22,27)/t17-,18-/m0/s1. The van der Waals surface area contributed by atoms with E-state index >= 15 is 0 Å². The third-order valence-corrected chi connectivity index (χ3v) is 5.11. The zero-order chi connectivity index (χ0) is 20.5. The van der Waals surface area contributed by atoms with Crippen molar-refractivity contribution in [3.8, 4) is 0 Å². The van der Waals surface area contributed by atoms with Crippen molar-refractivity contribution in [1.29, 1.82) is 0 Å². The Labute approximate surface area is 172 Å². The summed E-state index contributed by atoms with van der Waals surface area (Å²) in [7, 11) is 0. The SMILES string of the molecule is CCc1ccc(N2C(=O)[C@H]3N=NN(CC(=O)Nc4cccc(Cl)c4)[C@@H]3C2=O)cc1. The van der Waals surface area contributed by atoms with Crippen LogP contribution in [0.1, 0.15) is 12.5 Å². The maximum absolute atomic E-state index is 12.9. The van der Waals surface area contributed by atoms with Gasteiger partial charge in [-0.1, -0.05) is 41.9 Å². The van der Waals surface area contributed by atoms with E-state index in [1.807, 2.05) is 19.1 Å². The Kier molecular flexibility index (Phi) is 5.02. The van der Waals surface area contributed by atoms with Crippen molar-refractivity contribution in [2.75, 3.05) is 16.8 Å². The number of hydrogen-bond donors (Lipinski definition) is 1. The molecule has 0 spiro atoms. The molecule has 2 atom stereocenters. The van der Waals surface area contributed by atoms with E-state index in [9.17, 15) is 14.4 Å². The van der Waals surface area contributed by atoms with Crippen LogP contribution in [0.25, 0.3) is 0 Å². The van der Waals surface area contributed by atoms with E-state index in [-0.39, 0.29) is 6.54 Å². The molecule has 0 aliphatic carbocycles. The molecular formula is C20H18ClN5O3. The summed E-state index contributed by atoms with van der Waals surface area (Å²) in [4.78, 5) is 39.2. The molecule has 4 rings (SSSR count). The molecule has 2 aliphatic heterocycles. The van der Waals surface area contributed by atoms with Crippen LogP contribution >= 0.6 is 11.6 Å². The first-order valence-electron chi connectivity index (χ1n) is 9.17. The van der Waals surface area contributed by atoms with Gasteiger partial charge in [0.2, 0.25) is 5.91 Å². The summed E-state index contributed by atoms with van der Waals surface area (Å²) in [6.45, 7) is 1.82. The van der Waals surface area contributed by atoms with Gasteiger partial charge in [-0.3, -0.25) is 19.4 Å². The summed E-state index contributed by atoms with van der Waals surface area (Å²) in [5.41, 5.74) is 2.12. The van der Waals surface area contributed by atoms with Crippen molar-refractivity contribution in [3.63, 3.8) is 0 Å². The molecule has 3 amide bonds. The zero-order valence-electron chi connectivity index (χ0n) is 15.6. The number of carbonyl (C=O) groups excluding carboxylic acids is 3. The molecule has 1 fully saturated rings. The van der Waals surface area contributed by atoms with E-state index in [2.05, 4.69) is 15.7 Å². The van der Waals surface area contributed by atoms with E-state index in [1.165, 1.54) is 5.01 Å². The minimum absolute atomic E-state index is 0.210. The second-order valence-corrected chi connectivity index (χ2v) is 7.22. The average molecular weight is 412 g/mol. The fourth-order valence-corrected chi connectivity index (χ4v) is 3.59. The second-order valence-electron chi connectivity index (χ2n) is 6.78. The van der Waals surface area contributed by atoms with Crippen LogP contribution in [0.2, 0.25) is 5.02 Å². The Morgan fingerprint density at radius 3 is 2.59 bits per heavy atom. The van der Waals surface area contributed by atoms with Gasteiger partial charge in [0.05, 0.1) is 5.69 Å². The summed E-state index contributed by atoms with van der Waals surface area (Å²) in [6, 6.07) is 12.1. The fraction of sp³-hybridized carbons (Fsp3) is 0.250. The van der Waals surface area contributed by atoms with Gasteiger partial charge in [0, 0.05) is 10.7 Å². The topological polar surface area (TPSA) is 94.4 Å². The lowest BCUT2D eigenvalue weighted by atomic mass is 10.1. The van der Waals surface area contributed by atoms with Gasteiger partial charge in [-0.2, -0.15) is 5.11 Å². The second kappa shape index (κ2) is 7.63. The molecule has 0 aromatic heterocycles. The smallest absolute Gasteiger partial charge is 0.263 e. The Hall–Kier alpha value is -3.26. The minimum atomic E-state index is -0.938. The first kappa shape index (κ1) is 19.1. The molecule has 2 heterocycles. The van der Waals surface area contributed by atoms with Gasteiger partial charge in [0.1, 0.15) is 6.54 Å². The van der Waals surface area contributed by atoms with E-state index < -0.39 is 29.8 Å². The lowest BCUT2D eigenvalue weighted by Gasteiger charge is -2.20. The highest BCUT2D eigenvalue weighted by Crippen LogP contribution is 2.32. The molecule has 8 nitrogen and oxygen atoms in total. The Morgan fingerprint density at radius 2 is 1.90 bits per heavy atom. The number of carbonyl (C=O) groups is 3. The summed E-state index contributed by atoms with van der Waals surface area (Å²) in [5.74, 6) is -1.27. The number of fused-ring (bicyclic) bond motifs is 1. The average Bonchev–Trinajstić information content (AvgIpc) is 3.22. The molecule has 9 heteroatoms. The molecule has 148 valence electrons. The van der Waals surface area contributed by atoms with Crippen molar-refractivity contribution >= 4 is 40.7 Å². The zero-order valence-corrected chi connectivity index (χ0v) is 16.3. The molecule has 0 radical (unpaired) electrons. The molecule has 2 aromatic rings. The maximum atomic E-state index is 12.9. The minimum Gasteiger partial charge on any atom is -0.324 e. The van der Waals surface area contributed by atoms with E-state index in [0.29, 0.717) is 16.4 Å². The largest absolute Gasteiger partial charge is 0.324 e. The molecule has 29 heavy (non-hydrogen) atoms. The number of amides is 3. The number of anilines is 2. The third kappa shape index (κ3) is 3.58. The van der Waals surface area contributed by atoms with Gasteiger partial charge in [0.25, 0.3) is 11.8 Å². The number of imide groups is 1. The monoisotopic (exact) mass is 411 g/mol. The lowest BCUT2D eigenvalue weighted by Crippen LogP contribution is -2.43. The molecule has 1 saturated heterocycles. The predicted octanol–water partition coefficient (Wildman–Crippen LogP) is 2.83. The predicted molar refractivity (Wildman–Crippen MR) is 108 cm³/mol. The molecule has 0 saturated carbocycles. The van der Waals surface area contributed by atoms with Crippen LogP contribution in [0.4, 0.5) is 11.4 Å². The first-order chi connectivity index (χ1) is 14.0. The highest BCUT2D eigenvalue weighted by Gasteiger charge is 2.55.